The molecule has 0 aliphatic rings. The molecule has 1 heterocycles. The second-order valence-electron chi connectivity index (χ2n) is 5.93. The number of ether oxygens (including phenoxy) is 1. The fraction of sp³-hybridized carbons (Fsp3) is 0.200. The fourth-order valence-electron chi connectivity index (χ4n) is 2.62. The molecule has 0 fully saturated rings. The van der Waals surface area contributed by atoms with Gasteiger partial charge in [0.2, 0.25) is 0 Å². The molecule has 0 saturated carbocycles. The number of aryl methyl sites for hydroxylation is 1. The molecule has 3 aromatic rings. The molecule has 0 aliphatic heterocycles. The molecular formula is C20H22N4O. The van der Waals surface area contributed by atoms with Crippen molar-refractivity contribution in [1.82, 2.24) is 9.97 Å². The van der Waals surface area contributed by atoms with Crippen molar-refractivity contribution in [3.8, 4) is 5.75 Å². The summed E-state index contributed by atoms with van der Waals surface area (Å²) in [5, 5.41) is 3.32. The zero-order valence-corrected chi connectivity index (χ0v) is 14.7. The Morgan fingerprint density at radius 3 is 2.60 bits per heavy atom. The molecule has 0 radical (unpaired) electrons. The third-order valence-electron chi connectivity index (χ3n) is 3.92. The molecule has 0 amide bonds. The summed E-state index contributed by atoms with van der Waals surface area (Å²) in [7, 11) is 3.68. The first-order valence-electron chi connectivity index (χ1n) is 8.14. The van der Waals surface area contributed by atoms with Gasteiger partial charge < -0.3 is 15.0 Å². The number of aromatic nitrogens is 2. The Hall–Kier alpha value is -3.08. The van der Waals surface area contributed by atoms with E-state index in [1.807, 2.05) is 56.4 Å². The van der Waals surface area contributed by atoms with E-state index in [0.29, 0.717) is 0 Å². The summed E-state index contributed by atoms with van der Waals surface area (Å²) in [5.41, 5.74) is 3.27. The van der Waals surface area contributed by atoms with Crippen molar-refractivity contribution in [3.05, 3.63) is 72.1 Å². The first-order valence-corrected chi connectivity index (χ1v) is 8.14. The van der Waals surface area contributed by atoms with Gasteiger partial charge in [-0.3, -0.25) is 0 Å². The van der Waals surface area contributed by atoms with Crippen LogP contribution in [0.15, 0.2) is 60.9 Å². The van der Waals surface area contributed by atoms with Crippen molar-refractivity contribution in [2.45, 2.75) is 13.5 Å². The molecule has 0 aliphatic carbocycles. The maximum absolute atomic E-state index is 5.41. The van der Waals surface area contributed by atoms with Crippen LogP contribution in [-0.4, -0.2) is 24.1 Å². The lowest BCUT2D eigenvalue weighted by atomic mass is 10.2. The van der Waals surface area contributed by atoms with E-state index in [9.17, 15) is 0 Å². The lowest BCUT2D eigenvalue weighted by Gasteiger charge is -2.19. The lowest BCUT2D eigenvalue weighted by molar-refractivity contribution is 0.416. The van der Waals surface area contributed by atoms with E-state index >= 15 is 0 Å². The summed E-state index contributed by atoms with van der Waals surface area (Å²) >= 11 is 0. The molecule has 0 bridgehead atoms. The zero-order valence-electron chi connectivity index (χ0n) is 14.7. The van der Waals surface area contributed by atoms with Crippen molar-refractivity contribution in [2.24, 2.45) is 0 Å². The standard InChI is InChI=1S/C20H22N4O/c1-15-9-10-18(25-3)17(11-15)23-19-12-20(22-14-21-19)24(2)13-16-7-5-4-6-8-16/h4-12,14H,13H2,1-3H3,(H,21,22,23). The van der Waals surface area contributed by atoms with Crippen LogP contribution in [0.4, 0.5) is 17.3 Å². The van der Waals surface area contributed by atoms with Crippen LogP contribution >= 0.6 is 0 Å². The summed E-state index contributed by atoms with van der Waals surface area (Å²) in [6.07, 6.45) is 1.57. The van der Waals surface area contributed by atoms with Crippen LogP contribution in [0.5, 0.6) is 5.75 Å². The number of methoxy groups -OCH3 is 1. The highest BCUT2D eigenvalue weighted by Gasteiger charge is 2.08. The second-order valence-corrected chi connectivity index (χ2v) is 5.93. The average Bonchev–Trinajstić information content (AvgIpc) is 2.63. The van der Waals surface area contributed by atoms with E-state index in [0.717, 1.165) is 35.2 Å². The van der Waals surface area contributed by atoms with Gasteiger partial charge in [0.1, 0.15) is 23.7 Å². The Labute approximate surface area is 148 Å². The van der Waals surface area contributed by atoms with Gasteiger partial charge in [-0.25, -0.2) is 9.97 Å². The van der Waals surface area contributed by atoms with E-state index in [-0.39, 0.29) is 0 Å². The summed E-state index contributed by atoms with van der Waals surface area (Å²) in [4.78, 5) is 10.8. The van der Waals surface area contributed by atoms with Crippen LogP contribution in [0.2, 0.25) is 0 Å². The van der Waals surface area contributed by atoms with Gasteiger partial charge in [0.25, 0.3) is 0 Å². The first kappa shape index (κ1) is 16.8. The van der Waals surface area contributed by atoms with Gasteiger partial charge in [0.15, 0.2) is 0 Å². The van der Waals surface area contributed by atoms with Crippen molar-refractivity contribution in [2.75, 3.05) is 24.4 Å². The van der Waals surface area contributed by atoms with Gasteiger partial charge in [0, 0.05) is 19.7 Å². The summed E-state index contributed by atoms with van der Waals surface area (Å²) in [5.74, 6) is 2.37. The van der Waals surface area contributed by atoms with E-state index in [1.165, 1.54) is 5.56 Å². The van der Waals surface area contributed by atoms with E-state index in [1.54, 1.807) is 13.4 Å². The van der Waals surface area contributed by atoms with Gasteiger partial charge in [0.05, 0.1) is 12.8 Å². The summed E-state index contributed by atoms with van der Waals surface area (Å²) in [6, 6.07) is 18.2. The molecule has 0 unspecified atom stereocenters. The number of hydrogen-bond donors (Lipinski definition) is 1. The third kappa shape index (κ3) is 4.26. The number of hydrogen-bond acceptors (Lipinski definition) is 5. The molecule has 1 N–H and O–H groups in total. The van der Waals surface area contributed by atoms with E-state index in [4.69, 9.17) is 4.74 Å². The van der Waals surface area contributed by atoms with Crippen molar-refractivity contribution in [3.63, 3.8) is 0 Å². The Morgan fingerprint density at radius 2 is 1.84 bits per heavy atom. The highest BCUT2D eigenvalue weighted by atomic mass is 16.5. The normalized spacial score (nSPS) is 10.4. The summed E-state index contributed by atoms with van der Waals surface area (Å²) < 4.78 is 5.41. The predicted molar refractivity (Wildman–Crippen MR) is 102 cm³/mol. The van der Waals surface area contributed by atoms with E-state index in [2.05, 4.69) is 32.3 Å². The largest absolute Gasteiger partial charge is 0.495 e. The Morgan fingerprint density at radius 1 is 1.04 bits per heavy atom. The predicted octanol–water partition coefficient (Wildman–Crippen LogP) is 4.17. The third-order valence-corrected chi connectivity index (χ3v) is 3.92. The van der Waals surface area contributed by atoms with Crippen LogP contribution in [0.25, 0.3) is 0 Å². The number of rotatable bonds is 6. The Bertz CT molecular complexity index is 836. The summed E-state index contributed by atoms with van der Waals surface area (Å²) in [6.45, 7) is 2.83. The van der Waals surface area contributed by atoms with Crippen molar-refractivity contribution >= 4 is 17.3 Å². The van der Waals surface area contributed by atoms with Crippen LogP contribution in [0, 0.1) is 6.92 Å². The smallest absolute Gasteiger partial charge is 0.142 e. The molecule has 3 rings (SSSR count). The zero-order chi connectivity index (χ0) is 17.6. The maximum Gasteiger partial charge on any atom is 0.142 e. The van der Waals surface area contributed by atoms with Crippen LogP contribution in [-0.2, 0) is 6.54 Å². The van der Waals surface area contributed by atoms with Crippen LogP contribution in [0.1, 0.15) is 11.1 Å². The number of benzene rings is 2. The first-order chi connectivity index (χ1) is 12.2. The van der Waals surface area contributed by atoms with Gasteiger partial charge in [-0.15, -0.1) is 0 Å². The molecule has 5 nitrogen and oxygen atoms in total. The maximum atomic E-state index is 5.41. The molecule has 2 aromatic carbocycles. The minimum atomic E-state index is 0.730. The van der Waals surface area contributed by atoms with E-state index < -0.39 is 0 Å². The molecule has 0 spiro atoms. The SMILES string of the molecule is COc1ccc(C)cc1Nc1cc(N(C)Cc2ccccc2)ncn1. The molecule has 128 valence electrons. The van der Waals surface area contributed by atoms with Crippen LogP contribution < -0.4 is 15.0 Å². The monoisotopic (exact) mass is 334 g/mol. The molecule has 0 saturated heterocycles. The van der Waals surface area contributed by atoms with Gasteiger partial charge in [-0.05, 0) is 30.2 Å². The highest BCUT2D eigenvalue weighted by Crippen LogP contribution is 2.28. The van der Waals surface area contributed by atoms with Gasteiger partial charge >= 0.3 is 0 Å². The van der Waals surface area contributed by atoms with Gasteiger partial charge in [-0.1, -0.05) is 36.4 Å². The molecule has 25 heavy (non-hydrogen) atoms. The molecule has 1 aromatic heterocycles. The number of nitrogens with one attached hydrogen (secondary N) is 1. The second kappa shape index (κ2) is 7.66. The highest BCUT2D eigenvalue weighted by molar-refractivity contribution is 5.66. The minimum Gasteiger partial charge on any atom is -0.495 e. The average molecular weight is 334 g/mol. The molecular weight excluding hydrogens is 312 g/mol. The van der Waals surface area contributed by atoms with Crippen LogP contribution in [0.3, 0.4) is 0 Å². The number of nitrogens with zero attached hydrogens (tertiary/aromatic N) is 3. The lowest BCUT2D eigenvalue weighted by Crippen LogP contribution is -2.18. The van der Waals surface area contributed by atoms with Gasteiger partial charge in [-0.2, -0.15) is 0 Å². The quantitative estimate of drug-likeness (QED) is 0.733. The number of anilines is 3. The Kier molecular flexibility index (Phi) is 5.14. The molecule has 5 heteroatoms. The van der Waals surface area contributed by atoms with Crippen molar-refractivity contribution < 1.29 is 4.74 Å². The topological polar surface area (TPSA) is 50.3 Å². The van der Waals surface area contributed by atoms with Crippen molar-refractivity contribution in [1.29, 1.82) is 0 Å². The molecule has 0 atom stereocenters. The Balaban J connectivity index is 1.79. The fourth-order valence-corrected chi connectivity index (χ4v) is 2.62. The minimum absolute atomic E-state index is 0.730.